The molecule has 0 fully saturated rings. The SMILES string of the molecule is C/C=C\C(=C\CC)C(=O)O. The molecule has 0 aliphatic rings. The highest BCUT2D eigenvalue weighted by molar-refractivity contribution is 5.89. The largest absolute Gasteiger partial charge is 0.478 e. The molecule has 0 aliphatic heterocycles. The van der Waals surface area contributed by atoms with E-state index in [0.717, 1.165) is 6.42 Å². The number of aliphatic carboxylic acids is 1. The van der Waals surface area contributed by atoms with Crippen LogP contribution in [0.2, 0.25) is 0 Å². The summed E-state index contributed by atoms with van der Waals surface area (Å²) in [7, 11) is 0. The van der Waals surface area contributed by atoms with Crippen LogP contribution in [-0.4, -0.2) is 11.1 Å². The van der Waals surface area contributed by atoms with Gasteiger partial charge in [0.05, 0.1) is 5.57 Å². The Bertz CT molecular complexity index is 166. The van der Waals surface area contributed by atoms with Crippen molar-refractivity contribution in [2.75, 3.05) is 0 Å². The fourth-order valence-electron chi connectivity index (χ4n) is 0.626. The number of carboxylic acid groups (broad SMARTS) is 1. The van der Waals surface area contributed by atoms with Crippen LogP contribution in [0.15, 0.2) is 23.8 Å². The fraction of sp³-hybridized carbons (Fsp3) is 0.375. The summed E-state index contributed by atoms with van der Waals surface area (Å²) >= 11 is 0. The summed E-state index contributed by atoms with van der Waals surface area (Å²) in [6.45, 7) is 3.71. The lowest BCUT2D eigenvalue weighted by Crippen LogP contribution is -1.96. The Morgan fingerprint density at radius 2 is 2.20 bits per heavy atom. The van der Waals surface area contributed by atoms with Crippen molar-refractivity contribution >= 4 is 5.97 Å². The summed E-state index contributed by atoms with van der Waals surface area (Å²) in [6.07, 6.45) is 5.75. The maximum Gasteiger partial charge on any atom is 0.335 e. The highest BCUT2D eigenvalue weighted by atomic mass is 16.4. The molecule has 0 aromatic heterocycles. The Morgan fingerprint density at radius 1 is 1.60 bits per heavy atom. The molecule has 0 bridgehead atoms. The quantitative estimate of drug-likeness (QED) is 0.480. The molecule has 0 radical (unpaired) electrons. The van der Waals surface area contributed by atoms with Crippen LogP contribution in [0.3, 0.4) is 0 Å². The topological polar surface area (TPSA) is 37.3 Å². The molecule has 0 aliphatic carbocycles. The summed E-state index contributed by atoms with van der Waals surface area (Å²) in [4.78, 5) is 10.4. The van der Waals surface area contributed by atoms with Gasteiger partial charge in [0.25, 0.3) is 0 Å². The van der Waals surface area contributed by atoms with Crippen LogP contribution in [0.25, 0.3) is 0 Å². The highest BCUT2D eigenvalue weighted by Crippen LogP contribution is 1.98. The molecule has 0 unspecified atom stereocenters. The molecule has 10 heavy (non-hydrogen) atoms. The van der Waals surface area contributed by atoms with E-state index in [-0.39, 0.29) is 0 Å². The maximum absolute atomic E-state index is 10.4. The Morgan fingerprint density at radius 3 is 2.50 bits per heavy atom. The average molecular weight is 140 g/mol. The van der Waals surface area contributed by atoms with Crippen molar-refractivity contribution in [1.82, 2.24) is 0 Å². The normalized spacial score (nSPS) is 12.4. The zero-order valence-electron chi connectivity index (χ0n) is 6.29. The van der Waals surface area contributed by atoms with Crippen LogP contribution in [0, 0.1) is 0 Å². The van der Waals surface area contributed by atoms with Crippen molar-refractivity contribution in [3.05, 3.63) is 23.8 Å². The van der Waals surface area contributed by atoms with Gasteiger partial charge in [-0.1, -0.05) is 25.2 Å². The maximum atomic E-state index is 10.4. The monoisotopic (exact) mass is 140 g/mol. The molecule has 0 aromatic carbocycles. The number of hydrogen-bond acceptors (Lipinski definition) is 1. The summed E-state index contributed by atoms with van der Waals surface area (Å²) in [5, 5.41) is 8.52. The highest BCUT2D eigenvalue weighted by Gasteiger charge is 1.99. The Balaban J connectivity index is 4.26. The van der Waals surface area contributed by atoms with Gasteiger partial charge in [0.1, 0.15) is 0 Å². The molecule has 56 valence electrons. The Kier molecular flexibility index (Phi) is 4.29. The van der Waals surface area contributed by atoms with Gasteiger partial charge in [-0.25, -0.2) is 4.79 Å². The molecule has 0 saturated carbocycles. The van der Waals surface area contributed by atoms with Gasteiger partial charge >= 0.3 is 5.97 Å². The predicted molar refractivity (Wildman–Crippen MR) is 40.8 cm³/mol. The molecule has 0 saturated heterocycles. The molecule has 2 heteroatoms. The van der Waals surface area contributed by atoms with Crippen molar-refractivity contribution in [2.45, 2.75) is 20.3 Å². The van der Waals surface area contributed by atoms with E-state index in [4.69, 9.17) is 5.11 Å². The van der Waals surface area contributed by atoms with Gasteiger partial charge in [0.15, 0.2) is 0 Å². The van der Waals surface area contributed by atoms with E-state index in [1.165, 1.54) is 0 Å². The molecule has 0 amide bonds. The molecule has 0 rings (SSSR count). The van der Waals surface area contributed by atoms with Gasteiger partial charge in [-0.3, -0.25) is 0 Å². The van der Waals surface area contributed by atoms with Gasteiger partial charge in [-0.2, -0.15) is 0 Å². The molecule has 1 N–H and O–H groups in total. The van der Waals surface area contributed by atoms with E-state index in [0.29, 0.717) is 5.57 Å². The minimum atomic E-state index is -0.861. The third-order valence-corrected chi connectivity index (χ3v) is 1.02. The van der Waals surface area contributed by atoms with Crippen molar-refractivity contribution in [1.29, 1.82) is 0 Å². The number of carbonyl (C=O) groups is 1. The smallest absolute Gasteiger partial charge is 0.335 e. The minimum Gasteiger partial charge on any atom is -0.478 e. The molecule has 0 heterocycles. The van der Waals surface area contributed by atoms with Crippen LogP contribution in [0.1, 0.15) is 20.3 Å². The first kappa shape index (κ1) is 8.95. The predicted octanol–water partition coefficient (Wildman–Crippen LogP) is 1.98. The van der Waals surface area contributed by atoms with E-state index < -0.39 is 5.97 Å². The zero-order valence-corrected chi connectivity index (χ0v) is 6.29. The van der Waals surface area contributed by atoms with Crippen LogP contribution >= 0.6 is 0 Å². The lowest BCUT2D eigenvalue weighted by atomic mass is 10.2. The molecular weight excluding hydrogens is 128 g/mol. The molecule has 0 aromatic rings. The second-order valence-corrected chi connectivity index (χ2v) is 1.87. The van der Waals surface area contributed by atoms with Gasteiger partial charge < -0.3 is 5.11 Å². The fourth-order valence-corrected chi connectivity index (χ4v) is 0.626. The summed E-state index contributed by atoms with van der Waals surface area (Å²) in [5.74, 6) is -0.861. The molecular formula is C8H12O2. The van der Waals surface area contributed by atoms with Crippen LogP contribution in [-0.2, 0) is 4.79 Å². The second-order valence-electron chi connectivity index (χ2n) is 1.87. The summed E-state index contributed by atoms with van der Waals surface area (Å²) in [6, 6.07) is 0. The van der Waals surface area contributed by atoms with Gasteiger partial charge in [-0.05, 0) is 13.3 Å². The van der Waals surface area contributed by atoms with Gasteiger partial charge in [0, 0.05) is 0 Å². The lowest BCUT2D eigenvalue weighted by Gasteiger charge is -1.90. The van der Waals surface area contributed by atoms with E-state index in [1.54, 1.807) is 25.2 Å². The first-order chi connectivity index (χ1) is 4.72. The second kappa shape index (κ2) is 4.79. The Labute approximate surface area is 60.9 Å². The van der Waals surface area contributed by atoms with Crippen LogP contribution in [0.5, 0.6) is 0 Å². The average Bonchev–Trinajstić information content (AvgIpc) is 1.87. The van der Waals surface area contributed by atoms with Crippen molar-refractivity contribution < 1.29 is 9.90 Å². The van der Waals surface area contributed by atoms with Crippen LogP contribution < -0.4 is 0 Å². The molecule has 0 spiro atoms. The number of rotatable bonds is 3. The van der Waals surface area contributed by atoms with E-state index in [1.807, 2.05) is 6.92 Å². The van der Waals surface area contributed by atoms with Gasteiger partial charge in [-0.15, -0.1) is 0 Å². The van der Waals surface area contributed by atoms with Gasteiger partial charge in [0.2, 0.25) is 0 Å². The summed E-state index contributed by atoms with van der Waals surface area (Å²) < 4.78 is 0. The zero-order chi connectivity index (χ0) is 7.98. The number of allylic oxidation sites excluding steroid dienone is 2. The van der Waals surface area contributed by atoms with Crippen molar-refractivity contribution in [2.24, 2.45) is 0 Å². The van der Waals surface area contributed by atoms with E-state index in [2.05, 4.69) is 0 Å². The molecule has 0 atom stereocenters. The standard InChI is InChI=1S/C8H12O2/c1-3-5-7(6-4-2)8(9)10/h3,5-6H,4H2,1-2H3,(H,9,10)/b5-3-,7-6-. The first-order valence-electron chi connectivity index (χ1n) is 3.28. The first-order valence-corrected chi connectivity index (χ1v) is 3.28. The lowest BCUT2D eigenvalue weighted by molar-refractivity contribution is -0.132. The van der Waals surface area contributed by atoms with Crippen molar-refractivity contribution in [3.63, 3.8) is 0 Å². The summed E-state index contributed by atoms with van der Waals surface area (Å²) in [5.41, 5.74) is 0.366. The van der Waals surface area contributed by atoms with E-state index >= 15 is 0 Å². The minimum absolute atomic E-state index is 0.366. The third kappa shape index (κ3) is 3.07. The number of carboxylic acids is 1. The van der Waals surface area contributed by atoms with E-state index in [9.17, 15) is 4.79 Å². The van der Waals surface area contributed by atoms with Crippen LogP contribution in [0.4, 0.5) is 0 Å². The number of hydrogen-bond donors (Lipinski definition) is 1. The Hall–Kier alpha value is -1.05. The third-order valence-electron chi connectivity index (χ3n) is 1.02. The molecule has 2 nitrogen and oxygen atoms in total. The van der Waals surface area contributed by atoms with Crippen molar-refractivity contribution in [3.8, 4) is 0 Å².